The Morgan fingerprint density at radius 1 is 0.895 bits per heavy atom. The van der Waals surface area contributed by atoms with Crippen LogP contribution in [0.5, 0.6) is 11.5 Å². The van der Waals surface area contributed by atoms with Crippen LogP contribution in [-0.2, 0) is 9.59 Å². The molecule has 1 aromatic carbocycles. The molecular weight excluding hydrogens is 542 g/mol. The molecule has 1 heterocycles. The topological polar surface area (TPSA) is 55.8 Å². The minimum Gasteiger partial charge on any atom is -0.492 e. The molecule has 0 saturated heterocycles. The van der Waals surface area contributed by atoms with E-state index in [2.05, 4.69) is 48.5 Å². The lowest BCUT2D eigenvalue weighted by Gasteiger charge is -2.52. The maximum atomic E-state index is 14.1. The molecule has 0 N–H and O–H groups in total. The highest BCUT2D eigenvalue weighted by atomic mass is 79.9. The molecule has 0 aromatic heterocycles. The van der Waals surface area contributed by atoms with Crippen molar-refractivity contribution in [3.63, 3.8) is 0 Å². The number of methoxy groups -OCH3 is 1. The summed E-state index contributed by atoms with van der Waals surface area (Å²) < 4.78 is 12.4. The lowest BCUT2D eigenvalue weighted by Crippen LogP contribution is -2.48. The van der Waals surface area contributed by atoms with Gasteiger partial charge in [0.25, 0.3) is 0 Å². The fourth-order valence-corrected chi connectivity index (χ4v) is 7.95. The van der Waals surface area contributed by atoms with Gasteiger partial charge in [0.1, 0.15) is 0 Å². The fourth-order valence-electron chi connectivity index (χ4n) is 7.32. The molecule has 3 aliphatic carbocycles. The highest BCUT2D eigenvalue weighted by molar-refractivity contribution is 9.10. The Kier molecular flexibility index (Phi) is 7.34. The van der Waals surface area contributed by atoms with E-state index >= 15 is 0 Å². The molecule has 206 valence electrons. The Labute approximate surface area is 236 Å². The van der Waals surface area contributed by atoms with E-state index < -0.39 is 0 Å². The molecule has 0 amide bonds. The third-order valence-corrected chi connectivity index (χ3v) is 9.35. The van der Waals surface area contributed by atoms with Crippen LogP contribution in [0.25, 0.3) is 0 Å². The Balaban J connectivity index is 1.79. The van der Waals surface area contributed by atoms with Gasteiger partial charge in [-0.25, -0.2) is 0 Å². The molecule has 0 spiro atoms. The first kappa shape index (κ1) is 27.5. The van der Waals surface area contributed by atoms with Gasteiger partial charge in [-0.2, -0.15) is 0 Å². The molecule has 5 rings (SSSR count). The molecule has 0 unspecified atom stereocenters. The maximum absolute atomic E-state index is 14.1. The monoisotopic (exact) mass is 583 g/mol. The quantitative estimate of drug-likeness (QED) is 0.353. The van der Waals surface area contributed by atoms with E-state index in [0.717, 1.165) is 58.3 Å². The second kappa shape index (κ2) is 10.1. The molecular formula is C32H42BrNO4. The van der Waals surface area contributed by atoms with E-state index in [1.165, 1.54) is 19.3 Å². The normalized spacial score (nSPS) is 23.9. The van der Waals surface area contributed by atoms with Gasteiger partial charge in [-0.15, -0.1) is 0 Å². The van der Waals surface area contributed by atoms with Crippen molar-refractivity contribution in [3.05, 3.63) is 44.7 Å². The second-order valence-corrected chi connectivity index (χ2v) is 14.0. The number of hydrogen-bond donors (Lipinski definition) is 0. The molecule has 1 saturated carbocycles. The van der Waals surface area contributed by atoms with E-state index in [-0.39, 0.29) is 28.3 Å². The minimum absolute atomic E-state index is 0.114. The van der Waals surface area contributed by atoms with E-state index in [1.54, 1.807) is 7.11 Å². The van der Waals surface area contributed by atoms with E-state index in [4.69, 9.17) is 9.47 Å². The number of rotatable bonds is 5. The number of halogens is 1. The van der Waals surface area contributed by atoms with Gasteiger partial charge in [-0.05, 0) is 77.1 Å². The Morgan fingerprint density at radius 2 is 1.45 bits per heavy atom. The van der Waals surface area contributed by atoms with Gasteiger partial charge in [0.15, 0.2) is 23.1 Å². The number of ether oxygens (including phenoxy) is 2. The van der Waals surface area contributed by atoms with Crippen LogP contribution in [-0.4, -0.2) is 36.2 Å². The van der Waals surface area contributed by atoms with Gasteiger partial charge in [-0.3, -0.25) is 9.59 Å². The number of Topliss-reactive ketones (excluding diaryl/α,β-unsaturated/α-hetero) is 2. The van der Waals surface area contributed by atoms with Crippen molar-refractivity contribution in [1.29, 1.82) is 0 Å². The summed E-state index contributed by atoms with van der Waals surface area (Å²) >= 11 is 3.69. The maximum Gasteiger partial charge on any atom is 0.174 e. The molecule has 0 radical (unpaired) electrons. The second-order valence-electron chi connectivity index (χ2n) is 13.2. The van der Waals surface area contributed by atoms with Gasteiger partial charge in [0.2, 0.25) is 0 Å². The summed E-state index contributed by atoms with van der Waals surface area (Å²) in [6, 6.07) is 4.37. The number of ketones is 2. The van der Waals surface area contributed by atoms with Crippen LogP contribution in [0.3, 0.4) is 0 Å². The van der Waals surface area contributed by atoms with Crippen molar-refractivity contribution in [2.45, 2.75) is 104 Å². The van der Waals surface area contributed by atoms with Gasteiger partial charge in [-0.1, -0.05) is 47.0 Å². The Bertz CT molecular complexity index is 1160. The predicted octanol–water partition coefficient (Wildman–Crippen LogP) is 7.87. The van der Waals surface area contributed by atoms with Crippen LogP contribution >= 0.6 is 15.9 Å². The Hall–Kier alpha value is -2.08. The molecule has 1 aromatic rings. The minimum atomic E-state index is -0.381. The van der Waals surface area contributed by atoms with Gasteiger partial charge < -0.3 is 14.4 Å². The third-order valence-electron chi connectivity index (χ3n) is 8.76. The van der Waals surface area contributed by atoms with Crippen LogP contribution in [0.4, 0.5) is 0 Å². The van der Waals surface area contributed by atoms with Gasteiger partial charge in [0.05, 0.1) is 18.2 Å². The first-order chi connectivity index (χ1) is 18.0. The summed E-state index contributed by atoms with van der Waals surface area (Å²) in [4.78, 5) is 30.7. The van der Waals surface area contributed by atoms with E-state index in [9.17, 15) is 9.59 Å². The summed E-state index contributed by atoms with van der Waals surface area (Å²) in [6.45, 7) is 11.3. The zero-order valence-corrected chi connectivity index (χ0v) is 25.4. The van der Waals surface area contributed by atoms with Crippen molar-refractivity contribution in [2.75, 3.05) is 13.7 Å². The van der Waals surface area contributed by atoms with Crippen LogP contribution in [0.15, 0.2) is 39.1 Å². The van der Waals surface area contributed by atoms with Gasteiger partial charge in [0, 0.05) is 47.3 Å². The molecule has 0 atom stereocenters. The molecule has 1 fully saturated rings. The molecule has 5 nitrogen and oxygen atoms in total. The first-order valence-corrected chi connectivity index (χ1v) is 15.1. The van der Waals surface area contributed by atoms with E-state index in [0.29, 0.717) is 37.0 Å². The number of carbonyl (C=O) groups excluding carboxylic acids is 2. The summed E-state index contributed by atoms with van der Waals surface area (Å²) in [5, 5.41) is 0. The highest BCUT2D eigenvalue weighted by Gasteiger charge is 2.50. The molecule has 1 aliphatic heterocycles. The number of benzene rings is 1. The molecule has 4 aliphatic rings. The number of allylic oxidation sites excluding steroid dienone is 4. The number of carbonyl (C=O) groups is 2. The lowest BCUT2D eigenvalue weighted by atomic mass is 9.63. The summed E-state index contributed by atoms with van der Waals surface area (Å²) in [7, 11) is 1.63. The summed E-state index contributed by atoms with van der Waals surface area (Å²) in [5.41, 5.74) is 4.69. The van der Waals surface area contributed by atoms with Crippen LogP contribution < -0.4 is 9.47 Å². The first-order valence-electron chi connectivity index (χ1n) is 14.3. The van der Waals surface area contributed by atoms with Crippen molar-refractivity contribution in [1.82, 2.24) is 4.90 Å². The van der Waals surface area contributed by atoms with Crippen molar-refractivity contribution in [3.8, 4) is 11.5 Å². The van der Waals surface area contributed by atoms with Crippen LogP contribution in [0, 0.1) is 10.8 Å². The molecule has 38 heavy (non-hydrogen) atoms. The van der Waals surface area contributed by atoms with Gasteiger partial charge >= 0.3 is 0 Å². The van der Waals surface area contributed by atoms with Crippen molar-refractivity contribution < 1.29 is 19.1 Å². The summed E-state index contributed by atoms with van der Waals surface area (Å²) in [6.07, 6.45) is 8.59. The van der Waals surface area contributed by atoms with Crippen molar-refractivity contribution in [2.24, 2.45) is 10.8 Å². The van der Waals surface area contributed by atoms with Crippen LogP contribution in [0.1, 0.15) is 104 Å². The standard InChI is InChI=1S/C32H42BrNO4/c1-7-38-26-14-19(13-21(33)30(26)37-6)27-28-22(15-31(2,3)17-24(28)35)34(20-11-9-8-10-12-20)23-16-32(4,5)18-25(36)29(23)27/h13-14,20,27H,7-12,15-18H2,1-6H3. The van der Waals surface area contributed by atoms with Crippen LogP contribution in [0.2, 0.25) is 0 Å². The highest BCUT2D eigenvalue weighted by Crippen LogP contribution is 2.56. The third kappa shape index (κ3) is 4.87. The van der Waals surface area contributed by atoms with E-state index in [1.807, 2.05) is 19.1 Å². The average Bonchev–Trinajstić information content (AvgIpc) is 2.82. The zero-order valence-electron chi connectivity index (χ0n) is 23.8. The summed E-state index contributed by atoms with van der Waals surface area (Å²) in [5.74, 6) is 1.23. The number of nitrogens with zero attached hydrogens (tertiary/aromatic N) is 1. The lowest BCUT2D eigenvalue weighted by molar-refractivity contribution is -0.119. The number of hydrogen-bond acceptors (Lipinski definition) is 5. The smallest absolute Gasteiger partial charge is 0.174 e. The Morgan fingerprint density at radius 3 is 1.95 bits per heavy atom. The SMILES string of the molecule is CCOc1cc(C2C3=C(CC(C)(C)CC3=O)N(C3CCCCC3)C3=C2C(=O)CC(C)(C)C3)cc(Br)c1OC. The molecule has 0 bridgehead atoms. The predicted molar refractivity (Wildman–Crippen MR) is 153 cm³/mol. The van der Waals surface area contributed by atoms with Crippen molar-refractivity contribution >= 4 is 27.5 Å². The fraction of sp³-hybridized carbons (Fsp3) is 0.625. The zero-order chi connectivity index (χ0) is 27.4. The molecule has 6 heteroatoms. The largest absolute Gasteiger partial charge is 0.492 e. The average molecular weight is 585 g/mol.